The molecule has 7 atom stereocenters. The summed E-state index contributed by atoms with van der Waals surface area (Å²) < 4.78 is 29.3. The summed E-state index contributed by atoms with van der Waals surface area (Å²) in [5.41, 5.74) is 24.3. The number of aromatic nitrogens is 1. The molecular formula is C49H71F2N17O8. The van der Waals surface area contributed by atoms with Crippen LogP contribution in [-0.4, -0.2) is 133 Å². The molecule has 3 aromatic rings. The van der Waals surface area contributed by atoms with Gasteiger partial charge in [-0.25, -0.2) is 8.78 Å². The molecule has 0 bridgehead atoms. The van der Waals surface area contributed by atoms with Crippen molar-refractivity contribution in [1.29, 1.82) is 10.8 Å². The van der Waals surface area contributed by atoms with Gasteiger partial charge in [-0.2, -0.15) is 0 Å². The first-order chi connectivity index (χ1) is 36.1. The van der Waals surface area contributed by atoms with Crippen molar-refractivity contribution in [2.45, 2.75) is 120 Å². The number of carbonyl (C=O) groups is 8. The quantitative estimate of drug-likeness (QED) is 0.0362. The number of aromatic amines is 1. The van der Waals surface area contributed by atoms with E-state index in [-0.39, 0.29) is 114 Å². The average Bonchev–Trinajstić information content (AvgIpc) is 3.76. The summed E-state index contributed by atoms with van der Waals surface area (Å²) >= 11 is 0. The Morgan fingerprint density at radius 3 is 1.97 bits per heavy atom. The number of hydrogen-bond acceptors (Lipinski definition) is 12. The van der Waals surface area contributed by atoms with Gasteiger partial charge >= 0.3 is 0 Å². The number of H-pyrrole nitrogens is 1. The molecule has 0 aliphatic carbocycles. The number of benzene rings is 2. The molecule has 27 heteroatoms. The minimum atomic E-state index is -1.71. The molecule has 1 aromatic heterocycles. The van der Waals surface area contributed by atoms with E-state index in [1.54, 1.807) is 12.3 Å². The Morgan fingerprint density at radius 2 is 1.34 bits per heavy atom. The number of amides is 8. The van der Waals surface area contributed by atoms with E-state index in [1.807, 2.05) is 18.2 Å². The van der Waals surface area contributed by atoms with Crippen molar-refractivity contribution in [2.75, 3.05) is 26.2 Å². The highest BCUT2D eigenvalue weighted by molar-refractivity contribution is 5.97. The lowest BCUT2D eigenvalue weighted by Gasteiger charge is -2.28. The SMILES string of the molecule is C=C(N)C1CCCNC(=O)CC[C@H](NC(=O)[C@H](CCCNC(=N)N)NC(C)=O)C(=O)N[C@@H](CCN)C(=O)N[C@H](Cc2cc(F)cc(F)c2)C(=O)N[C@@H](CCCNC(=N)N)C(=O)N[C@@H](Cc2c[nH]c3ccccc23)C(=O)N1. The summed E-state index contributed by atoms with van der Waals surface area (Å²) in [5.74, 6) is -9.26. The van der Waals surface area contributed by atoms with Gasteiger partial charge in [-0.3, -0.25) is 49.2 Å². The average molecular weight is 1060 g/mol. The number of carbonyl (C=O) groups excluding carboxylic acids is 8. The molecule has 2 heterocycles. The Bertz CT molecular complexity index is 2560. The number of halogens is 2. The first-order valence-corrected chi connectivity index (χ1v) is 24.8. The number of hydrogen-bond donors (Lipinski definition) is 17. The van der Waals surface area contributed by atoms with Gasteiger partial charge in [0, 0.05) is 74.7 Å². The normalized spacial score (nSPS) is 21.0. The lowest BCUT2D eigenvalue weighted by Crippen LogP contribution is -2.60. The largest absolute Gasteiger partial charge is 0.401 e. The molecule has 414 valence electrons. The summed E-state index contributed by atoms with van der Waals surface area (Å²) in [7, 11) is 0. The summed E-state index contributed by atoms with van der Waals surface area (Å²) in [4.78, 5) is 114. The molecule has 1 fully saturated rings. The summed E-state index contributed by atoms with van der Waals surface area (Å²) in [6, 6.07) is 0.0785. The zero-order valence-electron chi connectivity index (χ0n) is 42.3. The van der Waals surface area contributed by atoms with Gasteiger partial charge in [-0.15, -0.1) is 0 Å². The first-order valence-electron chi connectivity index (χ1n) is 24.8. The number of nitrogens with one attached hydrogen (secondary N) is 13. The Morgan fingerprint density at radius 1 is 0.763 bits per heavy atom. The zero-order chi connectivity index (χ0) is 55.9. The van der Waals surface area contributed by atoms with E-state index in [4.69, 9.17) is 33.8 Å². The van der Waals surface area contributed by atoms with Crippen LogP contribution in [-0.2, 0) is 51.2 Å². The Balaban J connectivity index is 1.78. The van der Waals surface area contributed by atoms with Crippen LogP contribution in [0, 0.1) is 22.5 Å². The van der Waals surface area contributed by atoms with Crippen LogP contribution in [0.4, 0.5) is 8.78 Å². The maximum Gasteiger partial charge on any atom is 0.243 e. The second-order valence-corrected chi connectivity index (χ2v) is 18.3. The smallest absolute Gasteiger partial charge is 0.243 e. The van der Waals surface area contributed by atoms with E-state index in [0.29, 0.717) is 11.6 Å². The fourth-order valence-corrected chi connectivity index (χ4v) is 8.33. The van der Waals surface area contributed by atoms with E-state index in [1.165, 1.54) is 6.92 Å². The molecule has 1 aliphatic heterocycles. The van der Waals surface area contributed by atoms with Gasteiger partial charge in [-0.05, 0) is 87.2 Å². The molecule has 1 unspecified atom stereocenters. The lowest BCUT2D eigenvalue weighted by atomic mass is 10.0. The minimum absolute atomic E-state index is 0.0244. The molecule has 2 aromatic carbocycles. The van der Waals surface area contributed by atoms with Crippen molar-refractivity contribution in [3.8, 4) is 0 Å². The number of rotatable bonds is 18. The second-order valence-electron chi connectivity index (χ2n) is 18.3. The Kier molecular flexibility index (Phi) is 23.9. The van der Waals surface area contributed by atoms with Crippen molar-refractivity contribution in [1.82, 2.24) is 58.2 Å². The Hall–Kier alpha value is -8.36. The third-order valence-corrected chi connectivity index (χ3v) is 12.2. The topological polar surface area (TPSA) is 424 Å². The van der Waals surface area contributed by atoms with Crippen molar-refractivity contribution in [3.05, 3.63) is 83.7 Å². The Labute approximate surface area is 437 Å². The van der Waals surface area contributed by atoms with Crippen LogP contribution in [0.1, 0.15) is 75.8 Å². The van der Waals surface area contributed by atoms with Crippen LogP contribution in [0.5, 0.6) is 0 Å². The monoisotopic (exact) mass is 1060 g/mol. The fraction of sp³-hybridized carbons (Fsp3) is 0.469. The highest BCUT2D eigenvalue weighted by Gasteiger charge is 2.34. The maximum atomic E-state index is 14.6. The summed E-state index contributed by atoms with van der Waals surface area (Å²) in [6.45, 7) is 5.07. The van der Waals surface area contributed by atoms with Crippen molar-refractivity contribution in [2.24, 2.45) is 22.9 Å². The van der Waals surface area contributed by atoms with Crippen molar-refractivity contribution >= 4 is 70.1 Å². The van der Waals surface area contributed by atoms with Crippen LogP contribution in [0.2, 0.25) is 0 Å². The van der Waals surface area contributed by atoms with Crippen LogP contribution < -0.4 is 76.1 Å². The van der Waals surface area contributed by atoms with Gasteiger partial charge in [0.2, 0.25) is 47.3 Å². The zero-order valence-corrected chi connectivity index (χ0v) is 42.3. The standard InChI is InChI=1S/C49H71F2N17O8/c1-26(53)33-10-5-17-58-41(70)14-13-37(65-42(71)35(62-27(2)69)11-6-18-59-48(54)55)44(73)66-38(15-16-52)45(74)67-39(22-28-20-30(50)24-31(51)21-28)46(75)64-36(12-7-19-60-49(56)57)43(72)68-40(47(76)63-33)23-29-25-61-34-9-4-3-8-32(29)34/h3-4,8-9,20-21,24-25,33,35-40,61H,1,5-7,10-19,22-23,52-53H2,2H3,(H,58,70)(H,62,69)(H,63,76)(H,64,75)(H,65,71)(H,66,73)(H,67,74)(H,68,72)(H4,54,55,59)(H4,56,57,60)/t33?,35-,36-,37-,38-,39+,40-/m0/s1. The van der Waals surface area contributed by atoms with Crippen molar-refractivity contribution < 1.29 is 47.1 Å². The predicted octanol–water partition coefficient (Wildman–Crippen LogP) is -2.32. The van der Waals surface area contributed by atoms with Gasteiger partial charge in [0.25, 0.3) is 0 Å². The van der Waals surface area contributed by atoms with E-state index < -0.39 is 108 Å². The second kappa shape index (κ2) is 30.1. The van der Waals surface area contributed by atoms with Crippen LogP contribution >= 0.6 is 0 Å². The van der Waals surface area contributed by atoms with Gasteiger partial charge in [-0.1, -0.05) is 24.8 Å². The third kappa shape index (κ3) is 20.2. The van der Waals surface area contributed by atoms with Crippen molar-refractivity contribution in [3.63, 3.8) is 0 Å². The lowest BCUT2D eigenvalue weighted by molar-refractivity contribution is -0.135. The minimum Gasteiger partial charge on any atom is -0.401 e. The molecule has 1 saturated heterocycles. The van der Waals surface area contributed by atoms with Crippen LogP contribution in [0.25, 0.3) is 10.9 Å². The van der Waals surface area contributed by atoms with E-state index in [0.717, 1.165) is 23.0 Å². The van der Waals surface area contributed by atoms with Gasteiger partial charge < -0.3 is 81.1 Å². The molecular weight excluding hydrogens is 993 g/mol. The highest BCUT2D eigenvalue weighted by Crippen LogP contribution is 2.20. The summed E-state index contributed by atoms with van der Waals surface area (Å²) in [5, 5.41) is 42.0. The molecule has 21 N–H and O–H groups in total. The molecule has 0 spiro atoms. The predicted molar refractivity (Wildman–Crippen MR) is 278 cm³/mol. The first kappa shape index (κ1) is 60.2. The molecule has 0 radical (unpaired) electrons. The fourth-order valence-electron chi connectivity index (χ4n) is 8.33. The van der Waals surface area contributed by atoms with E-state index in [9.17, 15) is 47.1 Å². The number of fused-ring (bicyclic) bond motifs is 1. The highest BCUT2D eigenvalue weighted by atomic mass is 19.1. The molecule has 25 nitrogen and oxygen atoms in total. The summed E-state index contributed by atoms with van der Waals surface area (Å²) in [6.07, 6.45) is 0.737. The van der Waals surface area contributed by atoms with E-state index >= 15 is 0 Å². The molecule has 0 saturated carbocycles. The molecule has 1 aliphatic rings. The van der Waals surface area contributed by atoms with Gasteiger partial charge in [0.1, 0.15) is 47.9 Å². The number of guanidine groups is 2. The number of nitrogens with two attached hydrogens (primary N) is 4. The van der Waals surface area contributed by atoms with E-state index in [2.05, 4.69) is 64.7 Å². The molecule has 8 amide bonds. The van der Waals surface area contributed by atoms with Gasteiger partial charge in [0.15, 0.2) is 11.9 Å². The molecule has 4 rings (SSSR count). The van der Waals surface area contributed by atoms with Gasteiger partial charge in [0.05, 0.1) is 6.04 Å². The van der Waals surface area contributed by atoms with Crippen LogP contribution in [0.15, 0.2) is 60.9 Å². The molecule has 76 heavy (non-hydrogen) atoms. The third-order valence-electron chi connectivity index (χ3n) is 12.2. The number of para-hydroxylation sites is 1. The maximum absolute atomic E-state index is 14.6. The van der Waals surface area contributed by atoms with Crippen LogP contribution in [0.3, 0.4) is 0 Å².